The van der Waals surface area contributed by atoms with Crippen LogP contribution in [-0.2, 0) is 9.59 Å². The van der Waals surface area contributed by atoms with Crippen molar-refractivity contribution < 1.29 is 14.8 Å². The molecule has 0 saturated heterocycles. The topological polar surface area (TPSA) is 90.8 Å². The minimum absolute atomic E-state index is 0.182. The molecule has 0 aromatic carbocycles. The molecule has 0 bridgehead atoms. The number of nitrogens with zero attached hydrogens (tertiary/aromatic N) is 1. The van der Waals surface area contributed by atoms with E-state index in [1.165, 1.54) is 11.6 Å². The number of allylic oxidation sites excluding steroid dienone is 3. The van der Waals surface area contributed by atoms with Crippen LogP contribution in [0.1, 0.15) is 23.8 Å². The molecule has 1 unspecified atom stereocenters. The molecule has 0 spiro atoms. The van der Waals surface area contributed by atoms with Crippen molar-refractivity contribution in [3.63, 3.8) is 0 Å². The van der Waals surface area contributed by atoms with Crippen molar-refractivity contribution in [2.24, 2.45) is 11.0 Å². The van der Waals surface area contributed by atoms with Crippen LogP contribution in [0.15, 0.2) is 52.0 Å². The zero-order valence-electron chi connectivity index (χ0n) is 13.4. The second kappa shape index (κ2) is 8.37. The number of carbonyl (C=O) groups excluding carboxylic acids is 2. The van der Waals surface area contributed by atoms with Gasteiger partial charge in [0.1, 0.15) is 0 Å². The summed E-state index contributed by atoms with van der Waals surface area (Å²) in [6.45, 7) is 3.98. The number of hydrogen-bond acceptors (Lipinski definition) is 5. The van der Waals surface area contributed by atoms with Gasteiger partial charge in [-0.2, -0.15) is 5.10 Å². The molecule has 6 nitrogen and oxygen atoms in total. The zero-order chi connectivity index (χ0) is 17.5. The average molecular weight is 345 g/mol. The van der Waals surface area contributed by atoms with Gasteiger partial charge in [0.05, 0.1) is 6.21 Å². The first-order valence-electron chi connectivity index (χ1n) is 7.42. The van der Waals surface area contributed by atoms with E-state index in [4.69, 9.17) is 5.21 Å². The second-order valence-electron chi connectivity index (χ2n) is 5.42. The number of hydrazone groups is 1. The summed E-state index contributed by atoms with van der Waals surface area (Å²) in [6.07, 6.45) is 8.69. The molecule has 0 saturated carbocycles. The average Bonchev–Trinajstić information content (AvgIpc) is 2.98. The van der Waals surface area contributed by atoms with Crippen LogP contribution in [0.3, 0.4) is 0 Å². The number of hydroxylamine groups is 1. The number of thiophene rings is 1. The van der Waals surface area contributed by atoms with Crippen LogP contribution in [0.2, 0.25) is 0 Å². The maximum absolute atomic E-state index is 12.2. The maximum atomic E-state index is 12.2. The van der Waals surface area contributed by atoms with Crippen molar-refractivity contribution in [1.29, 1.82) is 0 Å². The Balaban J connectivity index is 2.02. The first kappa shape index (κ1) is 17.8. The smallest absolute Gasteiger partial charge is 0.271 e. The Bertz CT molecular complexity index is 744. The molecular formula is C17H19N3O3S. The fourth-order valence-electron chi connectivity index (χ4n) is 2.13. The van der Waals surface area contributed by atoms with E-state index in [0.29, 0.717) is 12.0 Å². The summed E-state index contributed by atoms with van der Waals surface area (Å²) in [5, 5.41) is 14.5. The number of aryl methyl sites for hydroxylation is 1. The fourth-order valence-corrected chi connectivity index (χ4v) is 2.92. The Morgan fingerprint density at radius 2 is 2.25 bits per heavy atom. The summed E-state index contributed by atoms with van der Waals surface area (Å²) in [5.41, 5.74) is 6.49. The van der Waals surface area contributed by atoms with Gasteiger partial charge in [-0.15, -0.1) is 11.3 Å². The SMILES string of the molecule is Cc1ccsc1/C=N/NC(=O)C1=CCC(C)C(/C=C/C(=O)NO)=C1. The van der Waals surface area contributed by atoms with E-state index < -0.39 is 5.91 Å². The van der Waals surface area contributed by atoms with Crippen LogP contribution in [-0.4, -0.2) is 23.2 Å². The number of hydrogen-bond donors (Lipinski definition) is 3. The minimum Gasteiger partial charge on any atom is -0.288 e. The van der Waals surface area contributed by atoms with Crippen molar-refractivity contribution >= 4 is 29.4 Å². The molecule has 2 rings (SSSR count). The molecule has 0 fully saturated rings. The van der Waals surface area contributed by atoms with E-state index >= 15 is 0 Å². The third kappa shape index (κ3) is 4.74. The lowest BCUT2D eigenvalue weighted by atomic mass is 9.89. The number of carbonyl (C=O) groups is 2. The van der Waals surface area contributed by atoms with Crippen LogP contribution in [0.4, 0.5) is 0 Å². The first-order valence-corrected chi connectivity index (χ1v) is 8.30. The van der Waals surface area contributed by atoms with Crippen molar-refractivity contribution in [3.05, 3.63) is 57.3 Å². The van der Waals surface area contributed by atoms with Crippen LogP contribution in [0.5, 0.6) is 0 Å². The number of nitrogens with one attached hydrogen (secondary N) is 2. The quantitative estimate of drug-likeness (QED) is 0.331. The predicted molar refractivity (Wildman–Crippen MR) is 93.8 cm³/mol. The first-order chi connectivity index (χ1) is 11.5. The lowest BCUT2D eigenvalue weighted by molar-refractivity contribution is -0.124. The van der Waals surface area contributed by atoms with Crippen molar-refractivity contribution in [1.82, 2.24) is 10.9 Å². The molecule has 1 aromatic heterocycles. The van der Waals surface area contributed by atoms with E-state index in [-0.39, 0.29) is 11.8 Å². The lowest BCUT2D eigenvalue weighted by Crippen LogP contribution is -2.21. The Kier molecular flexibility index (Phi) is 6.22. The van der Waals surface area contributed by atoms with E-state index in [2.05, 4.69) is 10.5 Å². The summed E-state index contributed by atoms with van der Waals surface area (Å²) in [6, 6.07) is 1.99. The minimum atomic E-state index is -0.612. The van der Waals surface area contributed by atoms with E-state index in [1.807, 2.05) is 31.4 Å². The van der Waals surface area contributed by atoms with E-state index in [1.54, 1.807) is 29.7 Å². The molecule has 24 heavy (non-hydrogen) atoms. The highest BCUT2D eigenvalue weighted by molar-refractivity contribution is 7.11. The Morgan fingerprint density at radius 3 is 2.92 bits per heavy atom. The highest BCUT2D eigenvalue weighted by atomic mass is 32.1. The molecule has 1 aliphatic carbocycles. The van der Waals surface area contributed by atoms with E-state index in [9.17, 15) is 9.59 Å². The molecule has 126 valence electrons. The normalized spacial score (nSPS) is 17.7. The Morgan fingerprint density at radius 1 is 1.46 bits per heavy atom. The highest BCUT2D eigenvalue weighted by Gasteiger charge is 2.16. The molecule has 0 aliphatic heterocycles. The highest BCUT2D eigenvalue weighted by Crippen LogP contribution is 2.24. The summed E-state index contributed by atoms with van der Waals surface area (Å²) < 4.78 is 0. The summed E-state index contributed by atoms with van der Waals surface area (Å²) in [5.74, 6) is -0.731. The third-order valence-corrected chi connectivity index (χ3v) is 4.59. The van der Waals surface area contributed by atoms with Gasteiger partial charge in [-0.25, -0.2) is 10.9 Å². The number of amides is 2. The summed E-state index contributed by atoms with van der Waals surface area (Å²) >= 11 is 1.55. The van der Waals surface area contributed by atoms with Gasteiger partial charge in [-0.05, 0) is 47.9 Å². The molecule has 1 atom stereocenters. The zero-order valence-corrected chi connectivity index (χ0v) is 14.3. The van der Waals surface area contributed by atoms with Gasteiger partial charge in [0.2, 0.25) is 0 Å². The van der Waals surface area contributed by atoms with Gasteiger partial charge in [-0.3, -0.25) is 14.8 Å². The van der Waals surface area contributed by atoms with Crippen molar-refractivity contribution in [2.75, 3.05) is 0 Å². The molecule has 1 aromatic rings. The van der Waals surface area contributed by atoms with Gasteiger partial charge in [0, 0.05) is 16.5 Å². The molecule has 0 radical (unpaired) electrons. The largest absolute Gasteiger partial charge is 0.288 e. The number of rotatable bonds is 5. The maximum Gasteiger partial charge on any atom is 0.271 e. The van der Waals surface area contributed by atoms with Gasteiger partial charge in [-0.1, -0.05) is 19.1 Å². The van der Waals surface area contributed by atoms with Crippen LogP contribution in [0.25, 0.3) is 0 Å². The third-order valence-electron chi connectivity index (χ3n) is 3.63. The van der Waals surface area contributed by atoms with Crippen molar-refractivity contribution in [2.45, 2.75) is 20.3 Å². The molecular weight excluding hydrogens is 326 g/mol. The molecule has 2 amide bonds. The van der Waals surface area contributed by atoms with Crippen LogP contribution in [0, 0.1) is 12.8 Å². The fraction of sp³-hybridized carbons (Fsp3) is 0.235. The van der Waals surface area contributed by atoms with Gasteiger partial charge >= 0.3 is 0 Å². The van der Waals surface area contributed by atoms with E-state index in [0.717, 1.165) is 16.0 Å². The summed E-state index contributed by atoms with van der Waals surface area (Å²) in [4.78, 5) is 24.2. The van der Waals surface area contributed by atoms with Crippen LogP contribution < -0.4 is 10.9 Å². The summed E-state index contributed by atoms with van der Waals surface area (Å²) in [7, 11) is 0. The second-order valence-corrected chi connectivity index (χ2v) is 6.36. The Hall–Kier alpha value is -2.51. The van der Waals surface area contributed by atoms with Crippen LogP contribution >= 0.6 is 11.3 Å². The molecule has 1 aliphatic rings. The van der Waals surface area contributed by atoms with Gasteiger partial charge in [0.15, 0.2) is 0 Å². The lowest BCUT2D eigenvalue weighted by Gasteiger charge is -2.17. The van der Waals surface area contributed by atoms with Gasteiger partial charge in [0.25, 0.3) is 11.8 Å². The molecule has 1 heterocycles. The Labute approximate surface area is 144 Å². The predicted octanol–water partition coefficient (Wildman–Crippen LogP) is 2.46. The van der Waals surface area contributed by atoms with Gasteiger partial charge < -0.3 is 0 Å². The monoisotopic (exact) mass is 345 g/mol. The van der Waals surface area contributed by atoms with Crippen molar-refractivity contribution in [3.8, 4) is 0 Å². The molecule has 7 heteroatoms. The molecule has 3 N–H and O–H groups in total. The standard InChI is InChI=1S/C17H19N3O3S/c1-11-3-4-14(9-13(11)5-6-16(21)20-23)17(22)19-18-10-15-12(2)7-8-24-15/h4-11,23H,3H2,1-2H3,(H,19,22)(H,20,21)/b6-5+,18-10+.